The summed E-state index contributed by atoms with van der Waals surface area (Å²) >= 11 is 2.25. The Hall–Kier alpha value is -5.04. The first-order valence-corrected chi connectivity index (χ1v) is 27.0. The smallest absolute Gasteiger partial charge is 0.380 e. The van der Waals surface area contributed by atoms with Crippen molar-refractivity contribution in [2.75, 3.05) is 93.5 Å². The van der Waals surface area contributed by atoms with Gasteiger partial charge in [-0.15, -0.1) is 22.7 Å². The average Bonchev–Trinajstić information content (AvgIpc) is 4.15. The first kappa shape index (κ1) is 57.1. The first-order chi connectivity index (χ1) is 36.2. The SMILES string of the molecule is COCCOCCOCCOc1ccc(-c2cc3c(s2)C(c2ccc(C(C)(C)C)cc2)(c2ccc(C(C)(C)C)cc2)c2sc(-c4ccc(OCCOCCOCCOC)cc4)cc2C2=C3C(F)(F)C(F)(F)C2(F)F)cc1. The van der Waals surface area contributed by atoms with Crippen LogP contribution in [0.3, 0.4) is 0 Å². The molecule has 6 aromatic rings. The van der Waals surface area contributed by atoms with Crippen LogP contribution in [0.15, 0.2) is 109 Å². The van der Waals surface area contributed by atoms with Gasteiger partial charge in [0.05, 0.1) is 71.5 Å². The minimum atomic E-state index is -5.77. The van der Waals surface area contributed by atoms with Crippen LogP contribution in [0.4, 0.5) is 26.3 Å². The van der Waals surface area contributed by atoms with E-state index in [-0.39, 0.29) is 44.9 Å². The third-order valence-corrected chi connectivity index (χ3v) is 16.2. The fraction of sp³-hybridized carbons (Fsp3) is 0.433. The molecule has 2 aliphatic carbocycles. The summed E-state index contributed by atoms with van der Waals surface area (Å²) in [5, 5.41) is 0. The standard InChI is InChI=1S/C60H66F6O8S2/c1-55(2,3)41-13-17-43(18-14-41)57(44-19-15-42(16-20-44)56(4,5)6)53-47(37-49(75-53)39-9-21-45(22-10-39)73-35-33-71-31-29-69-27-25-67-7)51-52(59(63,64)60(65,66)58(51,61)62)48-38-50(76-54(48)57)40-11-23-46(24-12-40)74-36-34-72-32-30-70-28-26-68-8/h9-24,37-38H,25-36H2,1-8H3. The molecule has 0 unspecified atom stereocenters. The van der Waals surface area contributed by atoms with Crippen molar-refractivity contribution in [3.05, 3.63) is 152 Å². The molecule has 2 aliphatic rings. The lowest BCUT2D eigenvalue weighted by molar-refractivity contribution is -0.254. The van der Waals surface area contributed by atoms with Gasteiger partial charge >= 0.3 is 17.8 Å². The highest BCUT2D eigenvalue weighted by Crippen LogP contribution is 2.70. The molecule has 2 aromatic heterocycles. The second-order valence-corrected chi connectivity index (χ2v) is 22.9. The number of thiophene rings is 2. The highest BCUT2D eigenvalue weighted by atomic mass is 32.1. The van der Waals surface area contributed by atoms with Crippen LogP contribution in [0.1, 0.15) is 84.7 Å². The Labute approximate surface area is 449 Å². The molecule has 0 fully saturated rings. The van der Waals surface area contributed by atoms with Gasteiger partial charge < -0.3 is 37.9 Å². The van der Waals surface area contributed by atoms with Gasteiger partial charge in [0.2, 0.25) is 0 Å². The lowest BCUT2D eigenvalue weighted by atomic mass is 9.69. The predicted molar refractivity (Wildman–Crippen MR) is 288 cm³/mol. The van der Waals surface area contributed by atoms with E-state index in [4.69, 9.17) is 37.9 Å². The minimum absolute atomic E-state index is 0.207. The Morgan fingerprint density at radius 1 is 0.408 bits per heavy atom. The third-order valence-electron chi connectivity index (χ3n) is 13.6. The Kier molecular flexibility index (Phi) is 17.7. The molecule has 16 heteroatoms. The summed E-state index contributed by atoms with van der Waals surface area (Å²) in [6.45, 7) is 16.9. The molecule has 0 N–H and O–H groups in total. The maximum absolute atomic E-state index is 17.1. The predicted octanol–water partition coefficient (Wildman–Crippen LogP) is 14.4. The molecule has 0 radical (unpaired) electrons. The first-order valence-electron chi connectivity index (χ1n) is 25.3. The molecule has 8 nitrogen and oxygen atoms in total. The minimum Gasteiger partial charge on any atom is -0.491 e. The number of rotatable bonds is 24. The summed E-state index contributed by atoms with van der Waals surface area (Å²) < 4.78 is 145. The van der Waals surface area contributed by atoms with Gasteiger partial charge in [-0.25, -0.2) is 0 Å². The Morgan fingerprint density at radius 3 is 1.04 bits per heavy atom. The molecular formula is C60H66F6O8S2. The summed E-state index contributed by atoms with van der Waals surface area (Å²) in [7, 11) is 3.19. The maximum Gasteiger partial charge on any atom is 0.380 e. The molecule has 0 spiro atoms. The van der Waals surface area contributed by atoms with Crippen LogP contribution in [0.2, 0.25) is 0 Å². The third kappa shape index (κ3) is 11.4. The second kappa shape index (κ2) is 23.5. The highest BCUT2D eigenvalue weighted by molar-refractivity contribution is 7.18. The van der Waals surface area contributed by atoms with Gasteiger partial charge in [-0.1, -0.05) is 90.1 Å². The van der Waals surface area contributed by atoms with E-state index in [1.54, 1.807) is 62.8 Å². The van der Waals surface area contributed by atoms with E-state index in [9.17, 15) is 0 Å². The highest BCUT2D eigenvalue weighted by Gasteiger charge is 2.81. The van der Waals surface area contributed by atoms with E-state index >= 15 is 26.3 Å². The van der Waals surface area contributed by atoms with Gasteiger partial charge in [0, 0.05) is 56.0 Å². The molecule has 0 atom stereocenters. The Bertz CT molecular complexity index is 2700. The van der Waals surface area contributed by atoms with Crippen LogP contribution < -0.4 is 9.47 Å². The van der Waals surface area contributed by atoms with Crippen LogP contribution in [-0.4, -0.2) is 111 Å². The summed E-state index contributed by atoms with van der Waals surface area (Å²) in [6, 6.07) is 32.1. The average molecular weight is 1090 g/mol. The van der Waals surface area contributed by atoms with E-state index in [0.717, 1.165) is 33.8 Å². The number of benzene rings is 4. The number of alkyl halides is 6. The monoisotopic (exact) mass is 1090 g/mol. The molecule has 0 bridgehead atoms. The molecule has 76 heavy (non-hydrogen) atoms. The number of allylic oxidation sites excluding steroid dienone is 2. The Morgan fingerprint density at radius 2 is 0.724 bits per heavy atom. The van der Waals surface area contributed by atoms with Crippen LogP contribution in [0, 0.1) is 0 Å². The van der Waals surface area contributed by atoms with E-state index in [0.29, 0.717) is 110 Å². The van der Waals surface area contributed by atoms with E-state index in [1.165, 1.54) is 12.1 Å². The zero-order valence-corrected chi connectivity index (χ0v) is 45.9. The lowest BCUT2D eigenvalue weighted by Gasteiger charge is -2.37. The zero-order chi connectivity index (χ0) is 54.5. The van der Waals surface area contributed by atoms with Gasteiger partial charge in [0.15, 0.2) is 0 Å². The fourth-order valence-electron chi connectivity index (χ4n) is 9.46. The van der Waals surface area contributed by atoms with Gasteiger partial charge in [0.25, 0.3) is 0 Å². The number of ether oxygens (including phenoxy) is 8. The quantitative estimate of drug-likeness (QED) is 0.0438. The normalized spacial score (nSPS) is 16.3. The van der Waals surface area contributed by atoms with E-state index in [1.807, 2.05) is 48.5 Å². The Balaban J connectivity index is 1.27. The number of fused-ring (bicyclic) bond motifs is 4. The summed E-state index contributed by atoms with van der Waals surface area (Å²) in [5.41, 5.74) is -1.47. The second-order valence-electron chi connectivity index (χ2n) is 20.8. The summed E-state index contributed by atoms with van der Waals surface area (Å²) in [6.07, 6.45) is 0. The van der Waals surface area contributed by atoms with Crippen molar-refractivity contribution in [2.24, 2.45) is 0 Å². The molecular weight excluding hydrogens is 1030 g/mol. The largest absolute Gasteiger partial charge is 0.491 e. The summed E-state index contributed by atoms with van der Waals surface area (Å²) in [4.78, 5) is 1.23. The molecule has 0 saturated carbocycles. The van der Waals surface area contributed by atoms with E-state index < -0.39 is 34.3 Å². The number of hydrogen-bond donors (Lipinski definition) is 0. The number of halogens is 6. The topological polar surface area (TPSA) is 73.8 Å². The fourth-order valence-corrected chi connectivity index (χ4v) is 12.3. The summed E-state index contributed by atoms with van der Waals surface area (Å²) in [5.74, 6) is -15.4. The molecule has 0 saturated heterocycles. The molecule has 4 aromatic carbocycles. The number of hydrogen-bond acceptors (Lipinski definition) is 10. The lowest BCUT2D eigenvalue weighted by Crippen LogP contribution is -2.49. The van der Waals surface area contributed by atoms with Crippen molar-refractivity contribution in [1.29, 1.82) is 0 Å². The van der Waals surface area contributed by atoms with Crippen LogP contribution in [0.5, 0.6) is 11.5 Å². The zero-order valence-electron chi connectivity index (χ0n) is 44.2. The van der Waals surface area contributed by atoms with Gasteiger partial charge in [-0.2, -0.15) is 26.3 Å². The van der Waals surface area contributed by atoms with Gasteiger partial charge in [0.1, 0.15) is 24.7 Å². The number of methoxy groups -OCH3 is 2. The van der Waals surface area contributed by atoms with Crippen molar-refractivity contribution in [3.8, 4) is 32.4 Å². The van der Waals surface area contributed by atoms with Crippen molar-refractivity contribution in [3.63, 3.8) is 0 Å². The van der Waals surface area contributed by atoms with Crippen molar-refractivity contribution >= 4 is 33.8 Å². The maximum atomic E-state index is 17.1. The molecule has 408 valence electrons. The molecule has 0 amide bonds. The van der Waals surface area contributed by atoms with Gasteiger partial charge in [-0.05, 0) is 105 Å². The van der Waals surface area contributed by atoms with Gasteiger partial charge in [-0.3, -0.25) is 0 Å². The molecule has 8 rings (SSSR count). The van der Waals surface area contributed by atoms with Crippen molar-refractivity contribution in [1.82, 2.24) is 0 Å². The van der Waals surface area contributed by atoms with Crippen LogP contribution >= 0.6 is 22.7 Å². The van der Waals surface area contributed by atoms with Crippen molar-refractivity contribution < 1.29 is 64.2 Å². The molecule has 2 heterocycles. The van der Waals surface area contributed by atoms with Crippen LogP contribution in [-0.2, 0) is 44.7 Å². The van der Waals surface area contributed by atoms with Crippen LogP contribution in [0.25, 0.3) is 32.0 Å². The van der Waals surface area contributed by atoms with E-state index in [2.05, 4.69) is 41.5 Å². The van der Waals surface area contributed by atoms with Crippen molar-refractivity contribution in [2.45, 2.75) is 75.6 Å². The molecule has 0 aliphatic heterocycles.